The normalized spacial score (nSPS) is 15.2. The first-order valence-corrected chi connectivity index (χ1v) is 10.8. The van der Waals surface area contributed by atoms with Crippen LogP contribution in [0.15, 0.2) is 67.3 Å². The summed E-state index contributed by atoms with van der Waals surface area (Å²) in [7, 11) is 1.91. The number of hydrogen-bond acceptors (Lipinski definition) is 7. The lowest BCUT2D eigenvalue weighted by molar-refractivity contribution is 0.0703. The number of amides is 1. The van der Waals surface area contributed by atoms with Gasteiger partial charge in [0.1, 0.15) is 6.07 Å². The molecule has 4 N–H and O–H groups in total. The third kappa shape index (κ3) is 7.38. The van der Waals surface area contributed by atoms with E-state index in [4.69, 9.17) is 11.0 Å². The van der Waals surface area contributed by atoms with Gasteiger partial charge in [-0.2, -0.15) is 5.26 Å². The van der Waals surface area contributed by atoms with Gasteiger partial charge in [0.25, 0.3) is 5.91 Å². The third-order valence-electron chi connectivity index (χ3n) is 5.17. The molecule has 1 fully saturated rings. The molecule has 2 aromatic heterocycles. The molecule has 8 heteroatoms. The first-order valence-electron chi connectivity index (χ1n) is 10.8. The summed E-state index contributed by atoms with van der Waals surface area (Å²) in [5, 5.41) is 15.2. The third-order valence-corrected chi connectivity index (χ3v) is 5.17. The number of carbonyl (C=O) groups excluding carboxylic acids is 1. The summed E-state index contributed by atoms with van der Waals surface area (Å²) in [6.07, 6.45) is 7.30. The number of benzene rings is 1. The molecule has 8 nitrogen and oxygen atoms in total. The first kappa shape index (κ1) is 23.9. The Morgan fingerprint density at radius 3 is 2.70 bits per heavy atom. The number of rotatable bonds is 5. The van der Waals surface area contributed by atoms with Crippen molar-refractivity contribution in [2.75, 3.05) is 39.0 Å². The van der Waals surface area contributed by atoms with E-state index in [1.807, 2.05) is 36.2 Å². The molecule has 4 rings (SSSR count). The summed E-state index contributed by atoms with van der Waals surface area (Å²) in [6.45, 7) is 3.08. The lowest BCUT2D eigenvalue weighted by atomic mass is 10.1. The van der Waals surface area contributed by atoms with Crippen LogP contribution in [0.5, 0.6) is 0 Å². The molecule has 0 radical (unpaired) electrons. The van der Waals surface area contributed by atoms with E-state index < -0.39 is 0 Å². The van der Waals surface area contributed by atoms with Gasteiger partial charge in [0.2, 0.25) is 0 Å². The summed E-state index contributed by atoms with van der Waals surface area (Å²) < 4.78 is 0. The molecule has 0 aliphatic carbocycles. The van der Waals surface area contributed by atoms with Crippen LogP contribution in [0.1, 0.15) is 27.0 Å². The maximum absolute atomic E-state index is 12.3. The van der Waals surface area contributed by atoms with Crippen molar-refractivity contribution in [2.45, 2.75) is 12.5 Å². The number of anilines is 1. The Balaban J connectivity index is 0.000000189. The second-order valence-corrected chi connectivity index (χ2v) is 7.82. The first-order chi connectivity index (χ1) is 16.1. The molecule has 170 valence electrons. The van der Waals surface area contributed by atoms with Crippen LogP contribution >= 0.6 is 0 Å². The van der Waals surface area contributed by atoms with E-state index in [1.54, 1.807) is 30.9 Å². The second kappa shape index (κ2) is 12.3. The number of carbonyl (C=O) groups is 1. The van der Waals surface area contributed by atoms with Crippen molar-refractivity contribution in [3.05, 3.63) is 89.5 Å². The average molecular weight is 444 g/mol. The van der Waals surface area contributed by atoms with Crippen LogP contribution < -0.4 is 16.4 Å². The van der Waals surface area contributed by atoms with Crippen LogP contribution in [0, 0.1) is 11.3 Å². The highest BCUT2D eigenvalue weighted by molar-refractivity contribution is 5.94. The number of nitrogen functional groups attached to an aromatic ring is 1. The highest BCUT2D eigenvalue weighted by Crippen LogP contribution is 2.10. The molecule has 0 saturated carbocycles. The van der Waals surface area contributed by atoms with E-state index in [0.717, 1.165) is 25.1 Å². The van der Waals surface area contributed by atoms with Gasteiger partial charge in [-0.15, -0.1) is 0 Å². The van der Waals surface area contributed by atoms with Crippen LogP contribution in [-0.4, -0.2) is 60.0 Å². The highest BCUT2D eigenvalue weighted by atomic mass is 16.2. The van der Waals surface area contributed by atoms with Crippen molar-refractivity contribution in [3.8, 4) is 6.07 Å². The fourth-order valence-corrected chi connectivity index (χ4v) is 3.63. The molecule has 33 heavy (non-hydrogen) atoms. The Hall–Kier alpha value is -3.80. The average Bonchev–Trinajstić information content (AvgIpc) is 2.85. The van der Waals surface area contributed by atoms with Gasteiger partial charge in [0, 0.05) is 57.0 Å². The Labute approximate surface area is 194 Å². The molecule has 3 heterocycles. The monoisotopic (exact) mass is 443 g/mol. The van der Waals surface area contributed by atoms with E-state index in [-0.39, 0.29) is 5.91 Å². The predicted octanol–water partition coefficient (Wildman–Crippen LogP) is 1.84. The number of nitrogens with two attached hydrogens (primary N) is 1. The molecular formula is C25H29N7O. The fourth-order valence-electron chi connectivity index (χ4n) is 3.63. The maximum Gasteiger partial charge on any atom is 0.255 e. The van der Waals surface area contributed by atoms with E-state index in [2.05, 4.69) is 38.8 Å². The van der Waals surface area contributed by atoms with Gasteiger partial charge in [0.05, 0.1) is 16.8 Å². The van der Waals surface area contributed by atoms with Gasteiger partial charge in [-0.3, -0.25) is 14.8 Å². The zero-order valence-corrected chi connectivity index (χ0v) is 18.7. The van der Waals surface area contributed by atoms with E-state index >= 15 is 0 Å². The second-order valence-electron chi connectivity index (χ2n) is 7.82. The summed E-state index contributed by atoms with van der Waals surface area (Å²) >= 11 is 0. The summed E-state index contributed by atoms with van der Waals surface area (Å²) in [5.74, 6) is -0.00240. The smallest absolute Gasteiger partial charge is 0.255 e. The van der Waals surface area contributed by atoms with Crippen LogP contribution in [0.2, 0.25) is 0 Å². The van der Waals surface area contributed by atoms with Crippen molar-refractivity contribution in [2.24, 2.45) is 0 Å². The van der Waals surface area contributed by atoms with Crippen LogP contribution in [0.4, 0.5) is 5.69 Å². The number of aromatic nitrogens is 2. The summed E-state index contributed by atoms with van der Waals surface area (Å²) in [6, 6.07) is 16.1. The number of nitrogens with one attached hydrogen (secondary N) is 2. The molecule has 3 aromatic rings. The van der Waals surface area contributed by atoms with Gasteiger partial charge in [-0.05, 0) is 36.7 Å². The minimum absolute atomic E-state index is 0.00240. The molecule has 1 aliphatic heterocycles. The van der Waals surface area contributed by atoms with Gasteiger partial charge in [0.15, 0.2) is 0 Å². The van der Waals surface area contributed by atoms with Crippen molar-refractivity contribution in [1.82, 2.24) is 25.5 Å². The number of nitriles is 1. The molecule has 1 aromatic carbocycles. The Kier molecular flexibility index (Phi) is 8.88. The van der Waals surface area contributed by atoms with Gasteiger partial charge in [-0.1, -0.05) is 30.3 Å². The fraction of sp³-hybridized carbons (Fsp3) is 0.280. The molecule has 0 spiro atoms. The Bertz CT molecular complexity index is 1080. The van der Waals surface area contributed by atoms with Crippen LogP contribution in [0.25, 0.3) is 0 Å². The largest absolute Gasteiger partial charge is 0.397 e. The Morgan fingerprint density at radius 2 is 1.97 bits per heavy atom. The number of nitrogens with zero attached hydrogens (tertiary/aromatic N) is 4. The van der Waals surface area contributed by atoms with Crippen LogP contribution in [-0.2, 0) is 6.42 Å². The maximum atomic E-state index is 12.3. The molecule has 1 atom stereocenters. The molecule has 1 amide bonds. The standard InChI is InChI=1S/C13H10N2.C12H19N5O/c14-8-13-7-12(9-15-10-13)6-11-4-2-1-3-5-11;1-14-7-11-8-17(3-2-16-11)12(18)9-4-10(13)6-15-5-9/h1-5,7,9-10H,6H2;4-6,11,14,16H,2-3,7-8,13H2,1H3. The topological polar surface area (TPSA) is 120 Å². The highest BCUT2D eigenvalue weighted by Gasteiger charge is 2.23. The number of likely N-dealkylation sites (N-methyl/N-ethyl adjacent to an activating group) is 1. The zero-order chi connectivity index (χ0) is 23.5. The van der Waals surface area contributed by atoms with Crippen molar-refractivity contribution < 1.29 is 4.79 Å². The van der Waals surface area contributed by atoms with Crippen molar-refractivity contribution >= 4 is 11.6 Å². The van der Waals surface area contributed by atoms with Crippen molar-refractivity contribution in [3.63, 3.8) is 0 Å². The summed E-state index contributed by atoms with van der Waals surface area (Å²) in [5.41, 5.74) is 9.63. The molecule has 1 unspecified atom stereocenters. The quantitative estimate of drug-likeness (QED) is 0.550. The molecule has 0 bridgehead atoms. The Morgan fingerprint density at radius 1 is 1.18 bits per heavy atom. The summed E-state index contributed by atoms with van der Waals surface area (Å²) in [4.78, 5) is 22.1. The van der Waals surface area contributed by atoms with Crippen LogP contribution in [0.3, 0.4) is 0 Å². The van der Waals surface area contributed by atoms with E-state index in [1.165, 1.54) is 5.56 Å². The number of piperazine rings is 1. The lowest BCUT2D eigenvalue weighted by Crippen LogP contribution is -2.55. The predicted molar refractivity (Wildman–Crippen MR) is 128 cm³/mol. The molecule has 1 saturated heterocycles. The molecule has 1 aliphatic rings. The van der Waals surface area contributed by atoms with Gasteiger partial charge >= 0.3 is 0 Å². The van der Waals surface area contributed by atoms with E-state index in [9.17, 15) is 4.79 Å². The lowest BCUT2D eigenvalue weighted by Gasteiger charge is -2.33. The van der Waals surface area contributed by atoms with E-state index in [0.29, 0.717) is 35.9 Å². The minimum Gasteiger partial charge on any atom is -0.397 e. The SMILES string of the molecule is CNCC1CN(C(=O)c2cncc(N)c2)CCN1.N#Cc1cncc(Cc2ccccc2)c1. The van der Waals surface area contributed by atoms with Gasteiger partial charge in [-0.25, -0.2) is 0 Å². The number of pyridine rings is 2. The zero-order valence-electron chi connectivity index (χ0n) is 18.7. The molecular weight excluding hydrogens is 414 g/mol. The number of hydrogen-bond donors (Lipinski definition) is 3. The van der Waals surface area contributed by atoms with Gasteiger partial charge < -0.3 is 21.3 Å². The minimum atomic E-state index is -0.00240. The van der Waals surface area contributed by atoms with Crippen molar-refractivity contribution in [1.29, 1.82) is 5.26 Å².